The van der Waals surface area contributed by atoms with Gasteiger partial charge in [-0.15, -0.1) is 11.3 Å². The summed E-state index contributed by atoms with van der Waals surface area (Å²) in [5.41, 5.74) is 2.18. The first-order chi connectivity index (χ1) is 11.4. The third-order valence-corrected chi connectivity index (χ3v) is 5.88. The number of thiazole rings is 1. The maximum Gasteiger partial charge on any atom is 0.494 e. The molecule has 1 aromatic carbocycles. The second-order valence-electron chi connectivity index (χ2n) is 7.06. The minimum Gasteiger partial charge on any atom is -0.399 e. The molecular formula is C18H19BN2O2S. The molecule has 0 aliphatic carbocycles. The van der Waals surface area contributed by atoms with Gasteiger partial charge >= 0.3 is 7.12 Å². The highest BCUT2D eigenvalue weighted by atomic mass is 32.1. The van der Waals surface area contributed by atoms with E-state index >= 15 is 0 Å². The van der Waals surface area contributed by atoms with Crippen molar-refractivity contribution >= 4 is 34.3 Å². The maximum atomic E-state index is 6.15. The first-order valence-corrected chi connectivity index (χ1v) is 8.85. The zero-order valence-corrected chi connectivity index (χ0v) is 15.1. The van der Waals surface area contributed by atoms with Crippen LogP contribution in [0.3, 0.4) is 0 Å². The molecule has 122 valence electrons. The molecule has 1 aliphatic rings. The van der Waals surface area contributed by atoms with Crippen LogP contribution in [0.4, 0.5) is 0 Å². The van der Waals surface area contributed by atoms with Crippen molar-refractivity contribution in [3.63, 3.8) is 0 Å². The molecule has 6 heteroatoms. The van der Waals surface area contributed by atoms with Crippen molar-refractivity contribution in [2.45, 2.75) is 38.9 Å². The van der Waals surface area contributed by atoms with E-state index in [4.69, 9.17) is 9.31 Å². The number of benzene rings is 1. The van der Waals surface area contributed by atoms with Crippen molar-refractivity contribution < 1.29 is 9.31 Å². The van der Waals surface area contributed by atoms with Crippen molar-refractivity contribution in [3.05, 3.63) is 42.6 Å². The summed E-state index contributed by atoms with van der Waals surface area (Å²) < 4.78 is 13.4. The smallest absolute Gasteiger partial charge is 0.399 e. The molecule has 3 heterocycles. The molecule has 0 saturated carbocycles. The second kappa shape index (κ2) is 5.38. The number of fused-ring (bicyclic) bond motifs is 1. The van der Waals surface area contributed by atoms with Gasteiger partial charge < -0.3 is 9.31 Å². The van der Waals surface area contributed by atoms with E-state index in [1.54, 1.807) is 17.5 Å². The Morgan fingerprint density at radius 1 is 1.00 bits per heavy atom. The molecule has 0 spiro atoms. The summed E-state index contributed by atoms with van der Waals surface area (Å²) in [6, 6.07) is 12.2. The highest BCUT2D eigenvalue weighted by molar-refractivity contribution is 7.21. The third-order valence-electron chi connectivity index (χ3n) is 4.82. The van der Waals surface area contributed by atoms with E-state index in [9.17, 15) is 0 Å². The summed E-state index contributed by atoms with van der Waals surface area (Å²) in [5, 5.41) is 0.960. The molecule has 1 fully saturated rings. The molecular weight excluding hydrogens is 319 g/mol. The largest absolute Gasteiger partial charge is 0.494 e. The normalized spacial score (nSPS) is 19.1. The molecule has 0 amide bonds. The van der Waals surface area contributed by atoms with E-state index in [-0.39, 0.29) is 18.3 Å². The maximum absolute atomic E-state index is 6.15. The molecule has 1 saturated heterocycles. The Hall–Kier alpha value is -1.76. The van der Waals surface area contributed by atoms with Crippen molar-refractivity contribution in [3.8, 4) is 10.6 Å². The van der Waals surface area contributed by atoms with Crippen LogP contribution >= 0.6 is 11.3 Å². The van der Waals surface area contributed by atoms with E-state index in [0.29, 0.717) is 0 Å². The van der Waals surface area contributed by atoms with E-state index < -0.39 is 0 Å². The Kier molecular flexibility index (Phi) is 3.53. The number of pyridine rings is 1. The molecule has 0 N–H and O–H groups in total. The lowest BCUT2D eigenvalue weighted by atomic mass is 9.78. The minimum absolute atomic E-state index is 0.340. The highest BCUT2D eigenvalue weighted by Crippen LogP contribution is 2.37. The quantitative estimate of drug-likeness (QED) is 0.669. The third kappa shape index (κ3) is 2.55. The van der Waals surface area contributed by atoms with Crippen LogP contribution in [0, 0.1) is 0 Å². The van der Waals surface area contributed by atoms with Gasteiger partial charge in [0.15, 0.2) is 5.65 Å². The summed E-state index contributed by atoms with van der Waals surface area (Å²) in [4.78, 5) is 8.95. The molecule has 4 nitrogen and oxygen atoms in total. The first-order valence-electron chi connectivity index (χ1n) is 8.03. The topological polar surface area (TPSA) is 44.2 Å². The first kappa shape index (κ1) is 15.8. The van der Waals surface area contributed by atoms with Crippen LogP contribution in [0.5, 0.6) is 0 Å². The number of rotatable bonds is 2. The Labute approximate surface area is 146 Å². The van der Waals surface area contributed by atoms with Gasteiger partial charge in [0.1, 0.15) is 5.01 Å². The van der Waals surface area contributed by atoms with Gasteiger partial charge in [0, 0.05) is 11.8 Å². The monoisotopic (exact) mass is 338 g/mol. The van der Waals surface area contributed by atoms with Crippen LogP contribution in [-0.2, 0) is 9.31 Å². The molecule has 0 bridgehead atoms. The Bertz CT molecular complexity index is 858. The Morgan fingerprint density at radius 3 is 2.46 bits per heavy atom. The molecule has 3 aromatic rings. The van der Waals surface area contributed by atoms with Crippen molar-refractivity contribution in [2.24, 2.45) is 0 Å². The molecule has 4 rings (SSSR count). The van der Waals surface area contributed by atoms with Crippen LogP contribution in [-0.4, -0.2) is 28.3 Å². The fourth-order valence-electron chi connectivity index (χ4n) is 2.69. The van der Waals surface area contributed by atoms with Gasteiger partial charge in [0.25, 0.3) is 0 Å². The lowest BCUT2D eigenvalue weighted by molar-refractivity contribution is 0.00578. The Morgan fingerprint density at radius 2 is 1.75 bits per heavy atom. The van der Waals surface area contributed by atoms with Crippen LogP contribution in [0.15, 0.2) is 42.6 Å². The molecule has 24 heavy (non-hydrogen) atoms. The van der Waals surface area contributed by atoms with Gasteiger partial charge in [-0.05, 0) is 45.3 Å². The predicted octanol–water partition coefficient (Wildman–Crippen LogP) is 3.66. The number of nitrogens with zero attached hydrogens (tertiary/aromatic N) is 2. The molecule has 0 radical (unpaired) electrons. The average Bonchev–Trinajstić information content (AvgIpc) is 3.06. The van der Waals surface area contributed by atoms with E-state index in [1.807, 2.05) is 24.3 Å². The van der Waals surface area contributed by atoms with E-state index in [1.165, 1.54) is 0 Å². The summed E-state index contributed by atoms with van der Waals surface area (Å²) >= 11 is 1.65. The van der Waals surface area contributed by atoms with E-state index in [2.05, 4.69) is 49.8 Å². The standard InChI is InChI=1S/C18H19BN2O2S/c1-17(2)18(3,4)23-19(22-17)13-8-5-7-12(11-13)16-21-15-14(24-16)9-6-10-20-15/h5-11H,1-4H3. The van der Waals surface area contributed by atoms with Gasteiger partial charge in [0.2, 0.25) is 0 Å². The SMILES string of the molecule is CC1(C)OB(c2cccc(-c3nc4ncccc4s3)c2)OC1(C)C. The summed E-state index contributed by atoms with van der Waals surface area (Å²) in [6.07, 6.45) is 1.77. The van der Waals surface area contributed by atoms with Crippen molar-refractivity contribution in [1.29, 1.82) is 0 Å². The van der Waals surface area contributed by atoms with E-state index in [0.717, 1.165) is 26.4 Å². The lowest BCUT2D eigenvalue weighted by Gasteiger charge is -2.32. The summed E-state index contributed by atoms with van der Waals surface area (Å²) in [7, 11) is -0.359. The average molecular weight is 338 g/mol. The van der Waals surface area contributed by atoms with Crippen LogP contribution < -0.4 is 5.46 Å². The lowest BCUT2D eigenvalue weighted by Crippen LogP contribution is -2.41. The van der Waals surface area contributed by atoms with Crippen LogP contribution in [0.2, 0.25) is 0 Å². The fourth-order valence-corrected chi connectivity index (χ4v) is 3.61. The predicted molar refractivity (Wildman–Crippen MR) is 98.6 cm³/mol. The zero-order chi connectivity index (χ0) is 16.9. The number of aromatic nitrogens is 2. The van der Waals surface area contributed by atoms with Gasteiger partial charge in [-0.1, -0.05) is 24.3 Å². The minimum atomic E-state index is -0.359. The summed E-state index contributed by atoms with van der Waals surface area (Å²) in [5.74, 6) is 0. The van der Waals surface area contributed by atoms with Crippen molar-refractivity contribution in [1.82, 2.24) is 9.97 Å². The van der Waals surface area contributed by atoms with Gasteiger partial charge in [0.05, 0.1) is 15.9 Å². The second-order valence-corrected chi connectivity index (χ2v) is 8.09. The Balaban J connectivity index is 1.70. The summed E-state index contributed by atoms with van der Waals surface area (Å²) in [6.45, 7) is 8.26. The number of hydrogen-bond donors (Lipinski definition) is 0. The molecule has 2 aromatic heterocycles. The molecule has 0 unspecified atom stereocenters. The molecule has 0 atom stereocenters. The van der Waals surface area contributed by atoms with Gasteiger partial charge in [-0.3, -0.25) is 0 Å². The zero-order valence-electron chi connectivity index (χ0n) is 14.2. The molecule has 1 aliphatic heterocycles. The van der Waals surface area contributed by atoms with Crippen molar-refractivity contribution in [2.75, 3.05) is 0 Å². The van der Waals surface area contributed by atoms with Gasteiger partial charge in [-0.25, -0.2) is 9.97 Å². The fraction of sp³-hybridized carbons (Fsp3) is 0.333. The van der Waals surface area contributed by atoms with Gasteiger partial charge in [-0.2, -0.15) is 0 Å². The highest BCUT2D eigenvalue weighted by Gasteiger charge is 2.51. The van der Waals surface area contributed by atoms with Crippen LogP contribution in [0.1, 0.15) is 27.7 Å². The van der Waals surface area contributed by atoms with Crippen LogP contribution in [0.25, 0.3) is 20.9 Å². The number of hydrogen-bond acceptors (Lipinski definition) is 5.